The highest BCUT2D eigenvalue weighted by Gasteiger charge is 2.11. The maximum atomic E-state index is 9.62. The standard InChI is InChI=1S/C27H22N4O2S/c1-18-4-2-5-19(14-18)16-33-21-9-12-25(34-22-10-7-20(32)8-11-22)24(15-21)31-27-23-6-3-13-28-26(23)29-17-30-27/h2-15,17,32H,16H2,1H3,(H,28,29,30,31). The Morgan fingerprint density at radius 2 is 1.79 bits per heavy atom. The number of benzene rings is 3. The van der Waals surface area contributed by atoms with Crippen molar-refractivity contribution < 1.29 is 9.84 Å². The third-order valence-electron chi connectivity index (χ3n) is 5.17. The van der Waals surface area contributed by atoms with Crippen LogP contribution >= 0.6 is 11.8 Å². The average molecular weight is 467 g/mol. The molecule has 0 atom stereocenters. The van der Waals surface area contributed by atoms with Gasteiger partial charge < -0.3 is 15.2 Å². The number of aromatic hydroxyl groups is 1. The maximum absolute atomic E-state index is 9.62. The van der Waals surface area contributed by atoms with E-state index in [0.29, 0.717) is 18.1 Å². The number of ether oxygens (including phenoxy) is 1. The molecule has 0 aliphatic rings. The van der Waals surface area contributed by atoms with Crippen LogP contribution in [0.1, 0.15) is 11.1 Å². The van der Waals surface area contributed by atoms with Crippen molar-refractivity contribution in [2.75, 3.05) is 5.32 Å². The summed E-state index contributed by atoms with van der Waals surface area (Å²) < 4.78 is 6.11. The molecule has 2 N–H and O–H groups in total. The van der Waals surface area contributed by atoms with E-state index >= 15 is 0 Å². The molecule has 2 heterocycles. The molecule has 0 unspecified atom stereocenters. The van der Waals surface area contributed by atoms with Crippen LogP contribution in [0.4, 0.5) is 11.5 Å². The monoisotopic (exact) mass is 466 g/mol. The number of phenolic OH excluding ortho intramolecular Hbond substituents is 1. The first-order valence-corrected chi connectivity index (χ1v) is 11.6. The van der Waals surface area contributed by atoms with Crippen LogP contribution in [0.5, 0.6) is 11.5 Å². The predicted molar refractivity (Wildman–Crippen MR) is 135 cm³/mol. The molecule has 5 rings (SSSR count). The number of nitrogens with zero attached hydrogens (tertiary/aromatic N) is 3. The van der Waals surface area contributed by atoms with E-state index in [-0.39, 0.29) is 5.75 Å². The van der Waals surface area contributed by atoms with Gasteiger partial charge in [-0.05, 0) is 61.0 Å². The van der Waals surface area contributed by atoms with Crippen LogP contribution in [0.3, 0.4) is 0 Å². The first-order chi connectivity index (χ1) is 16.6. The highest BCUT2D eigenvalue weighted by molar-refractivity contribution is 7.99. The van der Waals surface area contributed by atoms with Crippen LogP contribution in [0.15, 0.2) is 101 Å². The quantitative estimate of drug-likeness (QED) is 0.283. The summed E-state index contributed by atoms with van der Waals surface area (Å²) in [6.07, 6.45) is 3.22. The summed E-state index contributed by atoms with van der Waals surface area (Å²) in [6, 6.07) is 25.2. The maximum Gasteiger partial charge on any atom is 0.164 e. The number of hydrogen-bond donors (Lipinski definition) is 2. The molecule has 6 nitrogen and oxygen atoms in total. The molecule has 7 heteroatoms. The van der Waals surface area contributed by atoms with E-state index in [2.05, 4.69) is 45.4 Å². The van der Waals surface area contributed by atoms with Crippen LogP contribution in [-0.2, 0) is 6.61 Å². The minimum atomic E-state index is 0.238. The molecular formula is C27H22N4O2S. The average Bonchev–Trinajstić information content (AvgIpc) is 2.86. The van der Waals surface area contributed by atoms with Gasteiger partial charge in [-0.2, -0.15) is 0 Å². The Labute approximate surface area is 201 Å². The minimum absolute atomic E-state index is 0.238. The van der Waals surface area contributed by atoms with Crippen molar-refractivity contribution in [2.24, 2.45) is 0 Å². The molecule has 0 aliphatic carbocycles. The fraction of sp³-hybridized carbons (Fsp3) is 0.0741. The zero-order valence-corrected chi connectivity index (χ0v) is 19.3. The van der Waals surface area contributed by atoms with Crippen LogP contribution < -0.4 is 10.1 Å². The van der Waals surface area contributed by atoms with Crippen molar-refractivity contribution in [1.82, 2.24) is 15.0 Å². The molecule has 34 heavy (non-hydrogen) atoms. The Hall–Kier alpha value is -4.10. The Balaban J connectivity index is 1.47. The number of rotatable bonds is 7. The Bertz CT molecular complexity index is 1440. The fourth-order valence-electron chi connectivity index (χ4n) is 3.52. The van der Waals surface area contributed by atoms with Gasteiger partial charge in [0.25, 0.3) is 0 Å². The molecule has 2 aromatic heterocycles. The second-order valence-corrected chi connectivity index (χ2v) is 8.87. The lowest BCUT2D eigenvalue weighted by Crippen LogP contribution is -2.00. The lowest BCUT2D eigenvalue weighted by atomic mass is 10.1. The van der Waals surface area contributed by atoms with E-state index in [1.165, 1.54) is 11.9 Å². The fourth-order valence-corrected chi connectivity index (χ4v) is 4.40. The van der Waals surface area contributed by atoms with Crippen LogP contribution in [0.2, 0.25) is 0 Å². The molecule has 0 radical (unpaired) electrons. The number of aryl methyl sites for hydroxylation is 1. The Kier molecular flexibility index (Phi) is 6.27. The summed E-state index contributed by atoms with van der Waals surface area (Å²) in [5.74, 6) is 1.65. The first kappa shape index (κ1) is 21.7. The number of nitrogens with one attached hydrogen (secondary N) is 1. The number of aromatic nitrogens is 3. The zero-order valence-electron chi connectivity index (χ0n) is 18.5. The van der Waals surface area contributed by atoms with Gasteiger partial charge in [0.1, 0.15) is 30.3 Å². The van der Waals surface area contributed by atoms with Crippen molar-refractivity contribution in [3.05, 3.63) is 103 Å². The lowest BCUT2D eigenvalue weighted by Gasteiger charge is -2.15. The van der Waals surface area contributed by atoms with Crippen LogP contribution in [0, 0.1) is 6.92 Å². The molecule has 0 spiro atoms. The lowest BCUT2D eigenvalue weighted by molar-refractivity contribution is 0.306. The Morgan fingerprint density at radius 3 is 2.65 bits per heavy atom. The molecule has 3 aromatic carbocycles. The van der Waals surface area contributed by atoms with Crippen molar-refractivity contribution in [3.63, 3.8) is 0 Å². The van der Waals surface area contributed by atoms with Gasteiger partial charge in [0, 0.05) is 22.1 Å². The van der Waals surface area contributed by atoms with E-state index in [1.807, 2.05) is 48.5 Å². The molecule has 168 valence electrons. The first-order valence-electron chi connectivity index (χ1n) is 10.8. The van der Waals surface area contributed by atoms with E-state index in [0.717, 1.165) is 32.2 Å². The number of pyridine rings is 1. The third-order valence-corrected chi connectivity index (χ3v) is 6.25. The summed E-state index contributed by atoms with van der Waals surface area (Å²) in [7, 11) is 0. The summed E-state index contributed by atoms with van der Waals surface area (Å²) in [5, 5.41) is 13.9. The van der Waals surface area contributed by atoms with E-state index in [9.17, 15) is 5.11 Å². The van der Waals surface area contributed by atoms with E-state index < -0.39 is 0 Å². The number of phenols is 1. The number of fused-ring (bicyclic) bond motifs is 1. The number of hydrogen-bond acceptors (Lipinski definition) is 7. The van der Waals surface area contributed by atoms with Gasteiger partial charge in [-0.15, -0.1) is 0 Å². The summed E-state index contributed by atoms with van der Waals surface area (Å²) in [4.78, 5) is 15.0. The van der Waals surface area contributed by atoms with Gasteiger partial charge in [0.2, 0.25) is 0 Å². The van der Waals surface area contributed by atoms with Gasteiger partial charge in [0.15, 0.2) is 5.65 Å². The normalized spacial score (nSPS) is 10.9. The zero-order chi connectivity index (χ0) is 23.3. The van der Waals surface area contributed by atoms with Gasteiger partial charge in [-0.1, -0.05) is 41.6 Å². The Morgan fingerprint density at radius 1 is 0.912 bits per heavy atom. The highest BCUT2D eigenvalue weighted by Crippen LogP contribution is 2.38. The van der Waals surface area contributed by atoms with Crippen LogP contribution in [-0.4, -0.2) is 20.1 Å². The number of anilines is 2. The summed E-state index contributed by atoms with van der Waals surface area (Å²) in [5.41, 5.74) is 3.79. The SMILES string of the molecule is Cc1cccc(COc2ccc(Sc3ccc(O)cc3)c(Nc3ncnc4ncccc34)c2)c1. The summed E-state index contributed by atoms with van der Waals surface area (Å²) >= 11 is 1.58. The third kappa shape index (κ3) is 5.10. The van der Waals surface area contributed by atoms with Gasteiger partial charge in [0.05, 0.1) is 11.1 Å². The van der Waals surface area contributed by atoms with E-state index in [4.69, 9.17) is 4.74 Å². The second-order valence-electron chi connectivity index (χ2n) is 7.75. The van der Waals surface area contributed by atoms with Gasteiger partial charge in [-0.25, -0.2) is 15.0 Å². The smallest absolute Gasteiger partial charge is 0.164 e. The predicted octanol–water partition coefficient (Wildman–Crippen LogP) is 6.51. The molecule has 0 aliphatic heterocycles. The van der Waals surface area contributed by atoms with E-state index in [1.54, 1.807) is 30.1 Å². The molecule has 0 saturated carbocycles. The summed E-state index contributed by atoms with van der Waals surface area (Å²) in [6.45, 7) is 2.55. The molecule has 0 amide bonds. The molecule has 0 fully saturated rings. The second kappa shape index (κ2) is 9.80. The van der Waals surface area contributed by atoms with Crippen molar-refractivity contribution in [2.45, 2.75) is 23.3 Å². The molecule has 5 aromatic rings. The highest BCUT2D eigenvalue weighted by atomic mass is 32.2. The molecular weight excluding hydrogens is 444 g/mol. The van der Waals surface area contributed by atoms with Crippen LogP contribution in [0.25, 0.3) is 11.0 Å². The van der Waals surface area contributed by atoms with Gasteiger partial charge in [-0.3, -0.25) is 0 Å². The van der Waals surface area contributed by atoms with Crippen molar-refractivity contribution >= 4 is 34.3 Å². The van der Waals surface area contributed by atoms with Crippen molar-refractivity contribution in [3.8, 4) is 11.5 Å². The molecule has 0 bridgehead atoms. The van der Waals surface area contributed by atoms with Gasteiger partial charge >= 0.3 is 0 Å². The molecule has 0 saturated heterocycles. The van der Waals surface area contributed by atoms with Crippen molar-refractivity contribution in [1.29, 1.82) is 0 Å². The largest absolute Gasteiger partial charge is 0.508 e. The minimum Gasteiger partial charge on any atom is -0.508 e. The topological polar surface area (TPSA) is 80.2 Å².